The van der Waals surface area contributed by atoms with Crippen LogP contribution in [0.3, 0.4) is 0 Å². The molecule has 0 radical (unpaired) electrons. The van der Waals surface area contributed by atoms with E-state index in [0.717, 1.165) is 26.0 Å². The van der Waals surface area contributed by atoms with E-state index in [-0.39, 0.29) is 0 Å². The van der Waals surface area contributed by atoms with Gasteiger partial charge in [0.1, 0.15) is 0 Å². The molecule has 1 aromatic rings. The van der Waals surface area contributed by atoms with Crippen LogP contribution in [0.4, 0.5) is 0 Å². The molecular weight excluding hydrogens is 234 g/mol. The summed E-state index contributed by atoms with van der Waals surface area (Å²) in [5, 5.41) is 3.64. The number of nitrogens with one attached hydrogen (secondary N) is 1. The molecule has 1 atom stereocenters. The van der Waals surface area contributed by atoms with Gasteiger partial charge >= 0.3 is 0 Å². The highest BCUT2D eigenvalue weighted by Crippen LogP contribution is 2.22. The average Bonchev–Trinajstić information content (AvgIpc) is 2.43. The average molecular weight is 263 g/mol. The van der Waals surface area contributed by atoms with Crippen molar-refractivity contribution in [2.24, 2.45) is 0 Å². The summed E-state index contributed by atoms with van der Waals surface area (Å²) < 4.78 is 5.16. The summed E-state index contributed by atoms with van der Waals surface area (Å²) in [5.41, 5.74) is 2.81. The van der Waals surface area contributed by atoms with Crippen LogP contribution in [-0.4, -0.2) is 20.3 Å². The molecule has 1 N–H and O–H groups in total. The maximum atomic E-state index is 5.16. The molecular formula is C17H29NO. The predicted molar refractivity (Wildman–Crippen MR) is 82.7 cm³/mol. The van der Waals surface area contributed by atoms with Crippen LogP contribution in [0.1, 0.15) is 63.1 Å². The molecule has 1 unspecified atom stereocenters. The maximum Gasteiger partial charge on any atom is 0.0462 e. The molecule has 0 amide bonds. The lowest BCUT2D eigenvalue weighted by Crippen LogP contribution is -2.22. The highest BCUT2D eigenvalue weighted by atomic mass is 16.5. The van der Waals surface area contributed by atoms with Gasteiger partial charge in [-0.05, 0) is 42.9 Å². The van der Waals surface area contributed by atoms with Gasteiger partial charge in [-0.1, -0.05) is 45.0 Å². The summed E-state index contributed by atoms with van der Waals surface area (Å²) in [4.78, 5) is 0. The standard InChI is InChI=1S/C17H29NO/c1-5-12-18-17(7-6-13-19-4)16-10-8-15(9-11-16)14(2)3/h8-11,14,17-18H,5-7,12-13H2,1-4H3. The predicted octanol–water partition coefficient (Wildman–Crippen LogP) is 4.28. The Morgan fingerprint density at radius 1 is 1.11 bits per heavy atom. The zero-order valence-corrected chi connectivity index (χ0v) is 12.9. The van der Waals surface area contributed by atoms with Gasteiger partial charge in [-0.25, -0.2) is 0 Å². The zero-order chi connectivity index (χ0) is 14.1. The van der Waals surface area contributed by atoms with Gasteiger partial charge in [0, 0.05) is 19.8 Å². The molecule has 0 bridgehead atoms. The number of hydrogen-bond donors (Lipinski definition) is 1. The summed E-state index contributed by atoms with van der Waals surface area (Å²) in [7, 11) is 1.77. The third kappa shape index (κ3) is 5.75. The van der Waals surface area contributed by atoms with Gasteiger partial charge in [0.05, 0.1) is 0 Å². The van der Waals surface area contributed by atoms with Crippen molar-refractivity contribution >= 4 is 0 Å². The first-order valence-corrected chi connectivity index (χ1v) is 7.51. The first-order chi connectivity index (χ1) is 9.19. The number of hydrogen-bond acceptors (Lipinski definition) is 2. The van der Waals surface area contributed by atoms with E-state index in [1.807, 2.05) is 0 Å². The minimum Gasteiger partial charge on any atom is -0.385 e. The van der Waals surface area contributed by atoms with Gasteiger partial charge in [0.2, 0.25) is 0 Å². The normalized spacial score (nSPS) is 12.9. The van der Waals surface area contributed by atoms with Crippen LogP contribution in [0, 0.1) is 0 Å². The molecule has 1 aromatic carbocycles. The van der Waals surface area contributed by atoms with Crippen LogP contribution in [0.25, 0.3) is 0 Å². The molecule has 19 heavy (non-hydrogen) atoms. The Hall–Kier alpha value is -0.860. The molecule has 0 fully saturated rings. The lowest BCUT2D eigenvalue weighted by atomic mass is 9.97. The molecule has 0 aliphatic rings. The van der Waals surface area contributed by atoms with Crippen molar-refractivity contribution in [3.63, 3.8) is 0 Å². The highest BCUT2D eigenvalue weighted by Gasteiger charge is 2.10. The van der Waals surface area contributed by atoms with Gasteiger partial charge in [0.15, 0.2) is 0 Å². The second kappa shape index (κ2) is 9.11. The third-order valence-electron chi connectivity index (χ3n) is 3.49. The minimum absolute atomic E-state index is 0.455. The van der Waals surface area contributed by atoms with Crippen LogP contribution in [0.5, 0.6) is 0 Å². The summed E-state index contributed by atoms with van der Waals surface area (Å²) in [6.45, 7) is 8.60. The highest BCUT2D eigenvalue weighted by molar-refractivity contribution is 5.26. The van der Waals surface area contributed by atoms with E-state index in [1.54, 1.807) is 7.11 Å². The maximum absolute atomic E-state index is 5.16. The molecule has 0 saturated carbocycles. The van der Waals surface area contributed by atoms with Crippen LogP contribution in [-0.2, 0) is 4.74 Å². The van der Waals surface area contributed by atoms with Gasteiger partial charge in [-0.3, -0.25) is 0 Å². The van der Waals surface area contributed by atoms with E-state index >= 15 is 0 Å². The fourth-order valence-electron chi connectivity index (χ4n) is 2.25. The Morgan fingerprint density at radius 2 is 1.74 bits per heavy atom. The first-order valence-electron chi connectivity index (χ1n) is 7.51. The first kappa shape index (κ1) is 16.2. The summed E-state index contributed by atoms with van der Waals surface area (Å²) in [5.74, 6) is 0.601. The number of rotatable bonds is 9. The monoisotopic (exact) mass is 263 g/mol. The summed E-state index contributed by atoms with van der Waals surface area (Å²) in [6, 6.07) is 9.52. The Balaban J connectivity index is 2.66. The Morgan fingerprint density at radius 3 is 2.26 bits per heavy atom. The fraction of sp³-hybridized carbons (Fsp3) is 0.647. The van der Waals surface area contributed by atoms with E-state index in [9.17, 15) is 0 Å². The van der Waals surface area contributed by atoms with Gasteiger partial charge in [-0.2, -0.15) is 0 Å². The lowest BCUT2D eigenvalue weighted by molar-refractivity contribution is 0.188. The number of ether oxygens (including phenoxy) is 1. The van der Waals surface area contributed by atoms with Gasteiger partial charge in [-0.15, -0.1) is 0 Å². The fourth-order valence-corrected chi connectivity index (χ4v) is 2.25. The van der Waals surface area contributed by atoms with E-state index < -0.39 is 0 Å². The molecule has 2 heteroatoms. The summed E-state index contributed by atoms with van der Waals surface area (Å²) >= 11 is 0. The third-order valence-corrected chi connectivity index (χ3v) is 3.49. The quantitative estimate of drug-likeness (QED) is 0.672. The van der Waals surface area contributed by atoms with Crippen molar-refractivity contribution in [1.82, 2.24) is 5.32 Å². The van der Waals surface area contributed by atoms with Crippen molar-refractivity contribution in [2.75, 3.05) is 20.3 Å². The lowest BCUT2D eigenvalue weighted by Gasteiger charge is -2.19. The van der Waals surface area contributed by atoms with Crippen molar-refractivity contribution in [2.45, 2.75) is 52.0 Å². The largest absolute Gasteiger partial charge is 0.385 e. The minimum atomic E-state index is 0.455. The molecule has 0 aliphatic carbocycles. The Kier molecular flexibility index (Phi) is 7.76. The van der Waals surface area contributed by atoms with Crippen molar-refractivity contribution in [1.29, 1.82) is 0 Å². The van der Waals surface area contributed by atoms with Crippen molar-refractivity contribution < 1.29 is 4.74 Å². The Bertz CT molecular complexity index is 332. The number of benzene rings is 1. The van der Waals surface area contributed by atoms with Crippen LogP contribution >= 0.6 is 0 Å². The van der Waals surface area contributed by atoms with Crippen molar-refractivity contribution in [3.05, 3.63) is 35.4 Å². The molecule has 1 rings (SSSR count). The molecule has 0 aliphatic heterocycles. The molecule has 0 saturated heterocycles. The van der Waals surface area contributed by atoms with Crippen molar-refractivity contribution in [3.8, 4) is 0 Å². The van der Waals surface area contributed by atoms with E-state index in [4.69, 9.17) is 4.74 Å². The summed E-state index contributed by atoms with van der Waals surface area (Å²) in [6.07, 6.45) is 3.41. The van der Waals surface area contributed by atoms with E-state index in [2.05, 4.69) is 50.4 Å². The number of methoxy groups -OCH3 is 1. The SMILES string of the molecule is CCCNC(CCCOC)c1ccc(C(C)C)cc1. The second-order valence-corrected chi connectivity index (χ2v) is 5.46. The molecule has 0 heterocycles. The van der Waals surface area contributed by atoms with E-state index in [1.165, 1.54) is 17.5 Å². The molecule has 108 valence electrons. The topological polar surface area (TPSA) is 21.3 Å². The van der Waals surface area contributed by atoms with Gasteiger partial charge in [0.25, 0.3) is 0 Å². The van der Waals surface area contributed by atoms with E-state index in [0.29, 0.717) is 12.0 Å². The second-order valence-electron chi connectivity index (χ2n) is 5.46. The smallest absolute Gasteiger partial charge is 0.0462 e. The molecule has 0 spiro atoms. The Labute approximate surface area is 118 Å². The van der Waals surface area contributed by atoms with Crippen LogP contribution in [0.15, 0.2) is 24.3 Å². The van der Waals surface area contributed by atoms with Crippen LogP contribution < -0.4 is 5.32 Å². The van der Waals surface area contributed by atoms with Gasteiger partial charge < -0.3 is 10.1 Å². The van der Waals surface area contributed by atoms with Crippen LogP contribution in [0.2, 0.25) is 0 Å². The molecule has 2 nitrogen and oxygen atoms in total. The molecule has 0 aromatic heterocycles. The zero-order valence-electron chi connectivity index (χ0n) is 12.9.